The zero-order chi connectivity index (χ0) is 16.1. The Labute approximate surface area is 141 Å². The molecule has 0 heterocycles. The number of hydrogen-bond acceptors (Lipinski definition) is 1. The molecule has 0 aromatic carbocycles. The van der Waals surface area contributed by atoms with Crippen LogP contribution in [0.3, 0.4) is 0 Å². The van der Waals surface area contributed by atoms with Gasteiger partial charge in [-0.3, -0.25) is 0 Å². The second-order valence-electron chi connectivity index (χ2n) is 7.00. The average molecular weight is 310 g/mol. The highest BCUT2D eigenvalue weighted by molar-refractivity contribution is 5.52. The summed E-state index contributed by atoms with van der Waals surface area (Å²) in [6, 6.07) is 0. The molecule has 1 heteroatoms. The van der Waals surface area contributed by atoms with Gasteiger partial charge in [0.15, 0.2) is 0 Å². The summed E-state index contributed by atoms with van der Waals surface area (Å²) in [6.07, 6.45) is 28.2. The summed E-state index contributed by atoms with van der Waals surface area (Å²) in [5, 5.41) is 6.98. The summed E-state index contributed by atoms with van der Waals surface area (Å²) in [4.78, 5) is 0. The topological polar surface area (TPSA) is 23.9 Å². The Morgan fingerprint density at radius 3 is 1.00 bits per heavy atom. The van der Waals surface area contributed by atoms with Crippen LogP contribution >= 0.6 is 0 Å². The molecular weight excluding hydrogens is 266 g/mol. The van der Waals surface area contributed by atoms with Gasteiger partial charge in [-0.05, 0) is 19.1 Å². The molecule has 0 aliphatic heterocycles. The summed E-state index contributed by atoms with van der Waals surface area (Å²) >= 11 is 0. The molecule has 0 saturated carbocycles. The predicted octanol–water partition coefficient (Wildman–Crippen LogP) is 8.07. The van der Waals surface area contributed by atoms with Gasteiger partial charge < -0.3 is 5.41 Å². The molecule has 0 aliphatic rings. The van der Waals surface area contributed by atoms with Gasteiger partial charge in [0.1, 0.15) is 0 Å². The molecule has 0 radical (unpaired) electrons. The monoisotopic (exact) mass is 309 g/mol. The molecule has 0 aromatic heterocycles. The summed E-state index contributed by atoms with van der Waals surface area (Å²) in [6.45, 7) is 2.29. The largest absolute Gasteiger partial charge is 0.313 e. The Morgan fingerprint density at radius 1 is 0.455 bits per heavy atom. The Bertz CT molecular complexity index is 200. The maximum atomic E-state index is 6.98. The second kappa shape index (κ2) is 20.7. The lowest BCUT2D eigenvalue weighted by molar-refractivity contribution is 0.526. The first-order chi connectivity index (χ1) is 10.9. The van der Waals surface area contributed by atoms with Gasteiger partial charge in [-0.1, -0.05) is 116 Å². The van der Waals surface area contributed by atoms with Crippen molar-refractivity contribution >= 4 is 6.21 Å². The van der Waals surface area contributed by atoms with Crippen LogP contribution in [0.25, 0.3) is 0 Å². The van der Waals surface area contributed by atoms with Crippen molar-refractivity contribution in [1.82, 2.24) is 0 Å². The zero-order valence-electron chi connectivity index (χ0n) is 15.5. The standard InChI is InChI=1S/C21H43N/c1-2-3-4-5-6-7-8-9-10-11-12-13-14-15-16-17-18-19-20-21-22/h21-22H,2-20H2,1H3. The van der Waals surface area contributed by atoms with E-state index in [9.17, 15) is 0 Å². The van der Waals surface area contributed by atoms with Crippen molar-refractivity contribution in [2.45, 2.75) is 129 Å². The first-order valence-electron chi connectivity index (χ1n) is 10.4. The van der Waals surface area contributed by atoms with Crippen LogP contribution in [0.5, 0.6) is 0 Å². The van der Waals surface area contributed by atoms with E-state index in [0.29, 0.717) is 0 Å². The summed E-state index contributed by atoms with van der Waals surface area (Å²) < 4.78 is 0. The molecule has 132 valence electrons. The van der Waals surface area contributed by atoms with Crippen LogP contribution in [-0.4, -0.2) is 6.21 Å². The van der Waals surface area contributed by atoms with Gasteiger partial charge in [-0.2, -0.15) is 0 Å². The quantitative estimate of drug-likeness (QED) is 0.184. The molecule has 1 nitrogen and oxygen atoms in total. The molecule has 0 aromatic rings. The molecule has 0 fully saturated rings. The van der Waals surface area contributed by atoms with Gasteiger partial charge in [-0.15, -0.1) is 0 Å². The number of rotatable bonds is 19. The van der Waals surface area contributed by atoms with Crippen LogP contribution < -0.4 is 0 Å². The van der Waals surface area contributed by atoms with Crippen LogP contribution in [0.1, 0.15) is 129 Å². The summed E-state index contributed by atoms with van der Waals surface area (Å²) in [5.41, 5.74) is 0. The molecular formula is C21H43N. The van der Waals surface area contributed by atoms with Crippen LogP contribution in [0.2, 0.25) is 0 Å². The lowest BCUT2D eigenvalue weighted by atomic mass is 10.0. The molecule has 0 atom stereocenters. The summed E-state index contributed by atoms with van der Waals surface area (Å²) in [7, 11) is 0. The van der Waals surface area contributed by atoms with Crippen LogP contribution in [-0.2, 0) is 0 Å². The Kier molecular flexibility index (Phi) is 20.4. The smallest absolute Gasteiger partial charge is 0.00477 e. The van der Waals surface area contributed by atoms with Crippen molar-refractivity contribution in [3.8, 4) is 0 Å². The number of nitrogens with one attached hydrogen (secondary N) is 1. The fraction of sp³-hybridized carbons (Fsp3) is 0.952. The molecule has 0 saturated heterocycles. The third-order valence-electron chi connectivity index (χ3n) is 4.70. The number of unbranched alkanes of at least 4 members (excludes halogenated alkanes) is 18. The van der Waals surface area contributed by atoms with Gasteiger partial charge in [0.2, 0.25) is 0 Å². The van der Waals surface area contributed by atoms with Gasteiger partial charge in [0.05, 0.1) is 0 Å². The third kappa shape index (κ3) is 19.7. The highest BCUT2D eigenvalue weighted by Gasteiger charge is 1.94. The van der Waals surface area contributed by atoms with E-state index in [-0.39, 0.29) is 0 Å². The normalized spacial score (nSPS) is 11.0. The van der Waals surface area contributed by atoms with Gasteiger partial charge >= 0.3 is 0 Å². The van der Waals surface area contributed by atoms with E-state index >= 15 is 0 Å². The summed E-state index contributed by atoms with van der Waals surface area (Å²) in [5.74, 6) is 0. The molecule has 0 amide bonds. The van der Waals surface area contributed by atoms with E-state index in [1.165, 1.54) is 116 Å². The average Bonchev–Trinajstić information content (AvgIpc) is 2.54. The maximum Gasteiger partial charge on any atom is -0.00477 e. The Morgan fingerprint density at radius 2 is 0.727 bits per heavy atom. The molecule has 0 bridgehead atoms. The predicted molar refractivity (Wildman–Crippen MR) is 102 cm³/mol. The van der Waals surface area contributed by atoms with Crippen molar-refractivity contribution in [3.05, 3.63) is 0 Å². The van der Waals surface area contributed by atoms with Gasteiger partial charge in [-0.25, -0.2) is 0 Å². The lowest BCUT2D eigenvalue weighted by Crippen LogP contribution is -1.84. The maximum absolute atomic E-state index is 6.98. The SMILES string of the molecule is CCCCCCCCCCCCCCCCCCCCC=N. The van der Waals surface area contributed by atoms with Crippen molar-refractivity contribution in [3.63, 3.8) is 0 Å². The van der Waals surface area contributed by atoms with Crippen LogP contribution in [0.15, 0.2) is 0 Å². The van der Waals surface area contributed by atoms with Crippen molar-refractivity contribution in [1.29, 1.82) is 5.41 Å². The minimum absolute atomic E-state index is 0.985. The van der Waals surface area contributed by atoms with Crippen LogP contribution in [0.4, 0.5) is 0 Å². The van der Waals surface area contributed by atoms with Gasteiger partial charge in [0, 0.05) is 0 Å². The van der Waals surface area contributed by atoms with Crippen molar-refractivity contribution in [2.24, 2.45) is 0 Å². The van der Waals surface area contributed by atoms with E-state index in [2.05, 4.69) is 6.92 Å². The molecule has 22 heavy (non-hydrogen) atoms. The number of hydrogen-bond donors (Lipinski definition) is 1. The Balaban J connectivity index is 2.92. The zero-order valence-corrected chi connectivity index (χ0v) is 15.5. The van der Waals surface area contributed by atoms with Crippen molar-refractivity contribution in [2.75, 3.05) is 0 Å². The van der Waals surface area contributed by atoms with E-state index in [0.717, 1.165) is 6.42 Å². The highest BCUT2D eigenvalue weighted by atomic mass is 14.3. The minimum Gasteiger partial charge on any atom is -0.313 e. The van der Waals surface area contributed by atoms with Crippen molar-refractivity contribution < 1.29 is 0 Å². The first-order valence-corrected chi connectivity index (χ1v) is 10.4. The molecule has 0 rings (SSSR count). The van der Waals surface area contributed by atoms with Crippen LogP contribution in [0, 0.1) is 5.41 Å². The van der Waals surface area contributed by atoms with E-state index < -0.39 is 0 Å². The fourth-order valence-electron chi connectivity index (χ4n) is 3.15. The van der Waals surface area contributed by atoms with E-state index in [1.807, 2.05) is 0 Å². The molecule has 0 aliphatic carbocycles. The fourth-order valence-corrected chi connectivity index (χ4v) is 3.15. The highest BCUT2D eigenvalue weighted by Crippen LogP contribution is 2.14. The molecule has 1 N–H and O–H groups in total. The molecule has 0 unspecified atom stereocenters. The lowest BCUT2D eigenvalue weighted by Gasteiger charge is -2.03. The van der Waals surface area contributed by atoms with E-state index in [4.69, 9.17) is 5.41 Å². The van der Waals surface area contributed by atoms with E-state index in [1.54, 1.807) is 6.21 Å². The first kappa shape index (κ1) is 21.7. The third-order valence-corrected chi connectivity index (χ3v) is 4.70. The van der Waals surface area contributed by atoms with Gasteiger partial charge in [0.25, 0.3) is 0 Å². The minimum atomic E-state index is 0.985. The second-order valence-corrected chi connectivity index (χ2v) is 7.00. The molecule has 0 spiro atoms. The Hall–Kier alpha value is -0.330.